The molecule has 0 radical (unpaired) electrons. The van der Waals surface area contributed by atoms with Crippen LogP contribution in [0.2, 0.25) is 0 Å². The van der Waals surface area contributed by atoms with Gasteiger partial charge < -0.3 is 16.0 Å². The van der Waals surface area contributed by atoms with Gasteiger partial charge in [0.2, 0.25) is 5.91 Å². The molecule has 0 saturated heterocycles. The number of hydrogen-bond acceptors (Lipinski definition) is 5. The third-order valence-electron chi connectivity index (χ3n) is 2.41. The number of carbonyl (C=O) groups excluding carboxylic acids is 1. The molecule has 1 aromatic rings. The molecule has 0 bridgehead atoms. The van der Waals surface area contributed by atoms with Gasteiger partial charge in [-0.1, -0.05) is 11.8 Å². The van der Waals surface area contributed by atoms with E-state index in [-0.39, 0.29) is 5.91 Å². The van der Waals surface area contributed by atoms with Crippen molar-refractivity contribution in [3.05, 3.63) is 5.82 Å². The molecular weight excluding hydrogens is 226 g/mol. The van der Waals surface area contributed by atoms with Crippen molar-refractivity contribution in [2.75, 3.05) is 5.75 Å². The first kappa shape index (κ1) is 11.4. The zero-order chi connectivity index (χ0) is 11.5. The van der Waals surface area contributed by atoms with Crippen LogP contribution in [0.15, 0.2) is 5.16 Å². The normalized spacial score (nSPS) is 15.3. The standard InChI is InChI=1S/C9H15N5OS/c10-5-8-12-13-9(14(8)6-1-2-6)16-4-3-7(11)15/h6H,1-5,10H2,(H2,11,15). The van der Waals surface area contributed by atoms with E-state index >= 15 is 0 Å². The molecule has 1 amide bonds. The monoisotopic (exact) mass is 241 g/mol. The van der Waals surface area contributed by atoms with E-state index in [0.29, 0.717) is 24.8 Å². The lowest BCUT2D eigenvalue weighted by molar-refractivity contribution is -0.117. The highest BCUT2D eigenvalue weighted by Gasteiger charge is 2.29. The molecule has 4 N–H and O–H groups in total. The van der Waals surface area contributed by atoms with Crippen LogP contribution in [0, 0.1) is 0 Å². The van der Waals surface area contributed by atoms with Gasteiger partial charge in [0, 0.05) is 18.2 Å². The van der Waals surface area contributed by atoms with Crippen LogP contribution in [0.4, 0.5) is 0 Å². The first-order valence-electron chi connectivity index (χ1n) is 5.27. The third-order valence-corrected chi connectivity index (χ3v) is 3.35. The van der Waals surface area contributed by atoms with Crippen molar-refractivity contribution in [2.45, 2.75) is 37.0 Å². The Bertz CT molecular complexity index is 387. The van der Waals surface area contributed by atoms with Crippen molar-refractivity contribution >= 4 is 17.7 Å². The van der Waals surface area contributed by atoms with Crippen molar-refractivity contribution in [1.82, 2.24) is 14.8 Å². The maximum absolute atomic E-state index is 10.6. The lowest BCUT2D eigenvalue weighted by Gasteiger charge is -2.06. The largest absolute Gasteiger partial charge is 0.370 e. The summed E-state index contributed by atoms with van der Waals surface area (Å²) in [5, 5.41) is 8.98. The average molecular weight is 241 g/mol. The summed E-state index contributed by atoms with van der Waals surface area (Å²) in [5.74, 6) is 1.18. The number of carbonyl (C=O) groups is 1. The van der Waals surface area contributed by atoms with Gasteiger partial charge >= 0.3 is 0 Å². The van der Waals surface area contributed by atoms with Gasteiger partial charge in [0.05, 0.1) is 6.54 Å². The summed E-state index contributed by atoms with van der Waals surface area (Å²) in [6, 6.07) is 0.504. The van der Waals surface area contributed by atoms with Crippen LogP contribution in [0.1, 0.15) is 31.1 Å². The van der Waals surface area contributed by atoms with E-state index in [9.17, 15) is 4.79 Å². The van der Waals surface area contributed by atoms with Gasteiger partial charge in [-0.05, 0) is 12.8 Å². The van der Waals surface area contributed by atoms with Gasteiger partial charge in [0.15, 0.2) is 5.16 Å². The number of amides is 1. The molecule has 1 aliphatic carbocycles. The van der Waals surface area contributed by atoms with E-state index in [2.05, 4.69) is 14.8 Å². The van der Waals surface area contributed by atoms with Gasteiger partial charge in [0.25, 0.3) is 0 Å². The second-order valence-electron chi connectivity index (χ2n) is 3.77. The zero-order valence-electron chi connectivity index (χ0n) is 8.93. The number of nitrogens with zero attached hydrogens (tertiary/aromatic N) is 3. The highest BCUT2D eigenvalue weighted by atomic mass is 32.2. The summed E-state index contributed by atoms with van der Waals surface area (Å²) in [4.78, 5) is 10.6. The van der Waals surface area contributed by atoms with Crippen molar-refractivity contribution < 1.29 is 4.79 Å². The van der Waals surface area contributed by atoms with Crippen LogP contribution >= 0.6 is 11.8 Å². The highest BCUT2D eigenvalue weighted by Crippen LogP contribution is 2.38. The average Bonchev–Trinajstić information content (AvgIpc) is 3.00. The molecule has 88 valence electrons. The Morgan fingerprint density at radius 3 is 2.81 bits per heavy atom. The molecule has 1 fully saturated rings. The molecule has 2 rings (SSSR count). The van der Waals surface area contributed by atoms with Crippen molar-refractivity contribution in [3.63, 3.8) is 0 Å². The van der Waals surface area contributed by atoms with E-state index in [4.69, 9.17) is 11.5 Å². The summed E-state index contributed by atoms with van der Waals surface area (Å²) >= 11 is 1.51. The molecule has 0 aromatic carbocycles. The summed E-state index contributed by atoms with van der Waals surface area (Å²) in [5.41, 5.74) is 10.7. The van der Waals surface area contributed by atoms with E-state index in [1.807, 2.05) is 0 Å². The van der Waals surface area contributed by atoms with Crippen LogP contribution in [0.5, 0.6) is 0 Å². The molecule has 7 heteroatoms. The molecule has 0 aliphatic heterocycles. The van der Waals surface area contributed by atoms with Crippen LogP contribution in [0.3, 0.4) is 0 Å². The zero-order valence-corrected chi connectivity index (χ0v) is 9.74. The maximum Gasteiger partial charge on any atom is 0.218 e. The van der Waals surface area contributed by atoms with Gasteiger partial charge in [-0.3, -0.25) is 4.79 Å². The summed E-state index contributed by atoms with van der Waals surface area (Å²) < 4.78 is 2.09. The van der Waals surface area contributed by atoms with E-state index in [1.165, 1.54) is 11.8 Å². The number of thioether (sulfide) groups is 1. The minimum absolute atomic E-state index is 0.288. The van der Waals surface area contributed by atoms with E-state index in [0.717, 1.165) is 23.8 Å². The molecule has 1 heterocycles. The highest BCUT2D eigenvalue weighted by molar-refractivity contribution is 7.99. The number of aromatic nitrogens is 3. The number of nitrogens with two attached hydrogens (primary N) is 2. The molecule has 16 heavy (non-hydrogen) atoms. The molecule has 1 aliphatic rings. The third kappa shape index (κ3) is 2.53. The number of primary amides is 1. The molecule has 1 saturated carbocycles. The topological polar surface area (TPSA) is 99.8 Å². The van der Waals surface area contributed by atoms with Crippen LogP contribution in [0.25, 0.3) is 0 Å². The van der Waals surface area contributed by atoms with Gasteiger partial charge in [-0.15, -0.1) is 10.2 Å². The fourth-order valence-electron chi connectivity index (χ4n) is 1.49. The SMILES string of the molecule is NCc1nnc(SCCC(N)=O)n1C1CC1. The van der Waals surface area contributed by atoms with Crippen molar-refractivity contribution in [3.8, 4) is 0 Å². The molecule has 0 spiro atoms. The Hall–Kier alpha value is -1.08. The molecule has 0 unspecified atom stereocenters. The lowest BCUT2D eigenvalue weighted by atomic mass is 10.5. The van der Waals surface area contributed by atoms with Crippen molar-refractivity contribution in [1.29, 1.82) is 0 Å². The molecule has 6 nitrogen and oxygen atoms in total. The Balaban J connectivity index is 2.02. The predicted molar refractivity (Wildman–Crippen MR) is 60.7 cm³/mol. The minimum Gasteiger partial charge on any atom is -0.370 e. The summed E-state index contributed by atoms with van der Waals surface area (Å²) in [6.45, 7) is 0.403. The smallest absolute Gasteiger partial charge is 0.218 e. The van der Waals surface area contributed by atoms with E-state index in [1.54, 1.807) is 0 Å². The Labute approximate surface area is 97.8 Å². The van der Waals surface area contributed by atoms with Crippen molar-refractivity contribution in [2.24, 2.45) is 11.5 Å². The minimum atomic E-state index is -0.288. The summed E-state index contributed by atoms with van der Waals surface area (Å²) in [6.07, 6.45) is 2.68. The maximum atomic E-state index is 10.6. The molecular formula is C9H15N5OS. The fourth-order valence-corrected chi connectivity index (χ4v) is 2.47. The van der Waals surface area contributed by atoms with Gasteiger partial charge in [-0.2, -0.15) is 0 Å². The quantitative estimate of drug-likeness (QED) is 0.685. The first-order chi connectivity index (χ1) is 7.72. The first-order valence-corrected chi connectivity index (χ1v) is 6.26. The Morgan fingerprint density at radius 1 is 1.50 bits per heavy atom. The predicted octanol–water partition coefficient (Wildman–Crippen LogP) is 0.0392. The fraction of sp³-hybridized carbons (Fsp3) is 0.667. The van der Waals surface area contributed by atoms with Gasteiger partial charge in [-0.25, -0.2) is 0 Å². The second-order valence-corrected chi connectivity index (χ2v) is 4.83. The number of rotatable bonds is 6. The molecule has 1 aromatic heterocycles. The van der Waals surface area contributed by atoms with Crippen LogP contribution in [-0.4, -0.2) is 26.4 Å². The Kier molecular flexibility index (Phi) is 3.45. The summed E-state index contributed by atoms with van der Waals surface area (Å²) in [7, 11) is 0. The van der Waals surface area contributed by atoms with E-state index < -0.39 is 0 Å². The second kappa shape index (κ2) is 4.84. The van der Waals surface area contributed by atoms with Gasteiger partial charge in [0.1, 0.15) is 5.82 Å². The van der Waals surface area contributed by atoms with Crippen LogP contribution < -0.4 is 11.5 Å². The number of hydrogen-bond donors (Lipinski definition) is 2. The Morgan fingerprint density at radius 2 is 2.25 bits per heavy atom. The lowest BCUT2D eigenvalue weighted by Crippen LogP contribution is -2.11. The van der Waals surface area contributed by atoms with Crippen LogP contribution in [-0.2, 0) is 11.3 Å². The molecule has 0 atom stereocenters.